The predicted molar refractivity (Wildman–Crippen MR) is 65.5 cm³/mol. The molecule has 0 bridgehead atoms. The Hall–Kier alpha value is -0.940. The molecule has 96 valence electrons. The fourth-order valence-electron chi connectivity index (χ4n) is 2.46. The summed E-state index contributed by atoms with van der Waals surface area (Å²) in [5, 5.41) is 17.5. The largest absolute Gasteiger partial charge is 0.396 e. The highest BCUT2D eigenvalue weighted by Crippen LogP contribution is 2.17. The van der Waals surface area contributed by atoms with Gasteiger partial charge in [0.05, 0.1) is 6.54 Å². The maximum Gasteiger partial charge on any atom is 0.147 e. The summed E-state index contributed by atoms with van der Waals surface area (Å²) in [5.74, 6) is 2.50. The standard InChI is InChI=1S/C12H22N4O/c1-3-5-16-10(2)13-14-12(16)8-15-6-4-11(7-15)9-17/h11,17H,3-9H2,1-2H3. The summed E-state index contributed by atoms with van der Waals surface area (Å²) in [5.41, 5.74) is 0. The van der Waals surface area contributed by atoms with Crippen molar-refractivity contribution in [2.24, 2.45) is 5.92 Å². The maximum absolute atomic E-state index is 9.13. The van der Waals surface area contributed by atoms with Crippen LogP contribution in [0.4, 0.5) is 0 Å². The Morgan fingerprint density at radius 2 is 2.24 bits per heavy atom. The summed E-state index contributed by atoms with van der Waals surface area (Å²) in [7, 11) is 0. The lowest BCUT2D eigenvalue weighted by atomic mass is 10.1. The molecule has 5 heteroatoms. The number of aryl methyl sites for hydroxylation is 1. The normalized spacial score (nSPS) is 21.2. The monoisotopic (exact) mass is 238 g/mol. The zero-order chi connectivity index (χ0) is 12.3. The van der Waals surface area contributed by atoms with Gasteiger partial charge in [-0.15, -0.1) is 10.2 Å². The van der Waals surface area contributed by atoms with Crippen molar-refractivity contribution in [2.75, 3.05) is 19.7 Å². The second kappa shape index (κ2) is 5.60. The van der Waals surface area contributed by atoms with E-state index in [0.29, 0.717) is 12.5 Å². The van der Waals surface area contributed by atoms with Crippen LogP contribution >= 0.6 is 0 Å². The van der Waals surface area contributed by atoms with Crippen LogP contribution in [-0.2, 0) is 13.1 Å². The molecule has 1 unspecified atom stereocenters. The first-order chi connectivity index (χ1) is 8.24. The molecule has 17 heavy (non-hydrogen) atoms. The maximum atomic E-state index is 9.13. The van der Waals surface area contributed by atoms with Gasteiger partial charge in [0.25, 0.3) is 0 Å². The molecule has 1 aliphatic heterocycles. The van der Waals surface area contributed by atoms with Crippen LogP contribution in [0.2, 0.25) is 0 Å². The Balaban J connectivity index is 1.99. The van der Waals surface area contributed by atoms with Gasteiger partial charge in [0.1, 0.15) is 11.6 Å². The van der Waals surface area contributed by atoms with Crippen LogP contribution in [-0.4, -0.2) is 44.5 Å². The van der Waals surface area contributed by atoms with E-state index >= 15 is 0 Å². The zero-order valence-electron chi connectivity index (χ0n) is 10.8. The van der Waals surface area contributed by atoms with E-state index in [1.165, 1.54) is 0 Å². The number of likely N-dealkylation sites (tertiary alicyclic amines) is 1. The molecule has 0 saturated carbocycles. The van der Waals surface area contributed by atoms with Gasteiger partial charge in [-0.1, -0.05) is 6.92 Å². The lowest BCUT2D eigenvalue weighted by Crippen LogP contribution is -2.23. The minimum Gasteiger partial charge on any atom is -0.396 e. The fourth-order valence-corrected chi connectivity index (χ4v) is 2.46. The molecular weight excluding hydrogens is 216 g/mol. The number of hydrogen-bond acceptors (Lipinski definition) is 4. The van der Waals surface area contributed by atoms with Gasteiger partial charge in [-0.25, -0.2) is 0 Å². The van der Waals surface area contributed by atoms with Crippen LogP contribution in [0.25, 0.3) is 0 Å². The smallest absolute Gasteiger partial charge is 0.147 e. The molecule has 0 aromatic carbocycles. The second-order valence-corrected chi connectivity index (χ2v) is 4.89. The van der Waals surface area contributed by atoms with Gasteiger partial charge in [0.2, 0.25) is 0 Å². The minimum atomic E-state index is 0.303. The van der Waals surface area contributed by atoms with E-state index in [9.17, 15) is 0 Å². The van der Waals surface area contributed by atoms with Crippen LogP contribution in [0, 0.1) is 12.8 Å². The summed E-state index contributed by atoms with van der Waals surface area (Å²) in [6, 6.07) is 0. The van der Waals surface area contributed by atoms with E-state index in [0.717, 1.165) is 50.7 Å². The van der Waals surface area contributed by atoms with Crippen molar-refractivity contribution < 1.29 is 5.11 Å². The molecule has 0 radical (unpaired) electrons. The molecule has 1 saturated heterocycles. The molecule has 0 aliphatic carbocycles. The first kappa shape index (κ1) is 12.5. The summed E-state index contributed by atoms with van der Waals surface area (Å²) in [4.78, 5) is 2.36. The molecule has 5 nitrogen and oxygen atoms in total. The topological polar surface area (TPSA) is 54.2 Å². The average molecular weight is 238 g/mol. The molecule has 0 amide bonds. The van der Waals surface area contributed by atoms with Crippen molar-refractivity contribution in [1.29, 1.82) is 0 Å². The summed E-state index contributed by atoms with van der Waals surface area (Å²) in [6.45, 7) is 8.37. The van der Waals surface area contributed by atoms with Gasteiger partial charge in [0, 0.05) is 19.7 Å². The van der Waals surface area contributed by atoms with E-state index in [-0.39, 0.29) is 0 Å². The Morgan fingerprint density at radius 3 is 2.88 bits per heavy atom. The van der Waals surface area contributed by atoms with Crippen molar-refractivity contribution in [1.82, 2.24) is 19.7 Å². The highest BCUT2D eigenvalue weighted by molar-refractivity contribution is 4.95. The molecule has 1 aromatic heterocycles. The summed E-state index contributed by atoms with van der Waals surface area (Å²) >= 11 is 0. The van der Waals surface area contributed by atoms with E-state index in [1.807, 2.05) is 6.92 Å². The van der Waals surface area contributed by atoms with E-state index < -0.39 is 0 Å². The Labute approximate surface area is 102 Å². The number of nitrogens with zero attached hydrogens (tertiary/aromatic N) is 4. The third-order valence-electron chi connectivity index (χ3n) is 3.45. The highest BCUT2D eigenvalue weighted by Gasteiger charge is 2.23. The van der Waals surface area contributed by atoms with E-state index in [2.05, 4.69) is 26.6 Å². The van der Waals surface area contributed by atoms with Crippen molar-refractivity contribution in [3.8, 4) is 0 Å². The molecule has 1 N–H and O–H groups in total. The van der Waals surface area contributed by atoms with Crippen LogP contribution in [0.1, 0.15) is 31.4 Å². The Kier molecular flexibility index (Phi) is 4.12. The lowest BCUT2D eigenvalue weighted by Gasteiger charge is -2.15. The molecule has 1 atom stereocenters. The molecule has 2 rings (SSSR count). The Morgan fingerprint density at radius 1 is 1.41 bits per heavy atom. The van der Waals surface area contributed by atoms with Crippen molar-refractivity contribution >= 4 is 0 Å². The van der Waals surface area contributed by atoms with Crippen molar-refractivity contribution in [3.63, 3.8) is 0 Å². The third kappa shape index (κ3) is 2.84. The number of hydrogen-bond donors (Lipinski definition) is 1. The van der Waals surface area contributed by atoms with E-state index in [4.69, 9.17) is 5.11 Å². The minimum absolute atomic E-state index is 0.303. The van der Waals surface area contributed by atoms with Crippen LogP contribution < -0.4 is 0 Å². The summed E-state index contributed by atoms with van der Waals surface area (Å²) in [6.07, 6.45) is 2.20. The van der Waals surface area contributed by atoms with Gasteiger partial charge in [-0.2, -0.15) is 0 Å². The summed E-state index contributed by atoms with van der Waals surface area (Å²) < 4.78 is 2.20. The second-order valence-electron chi connectivity index (χ2n) is 4.89. The van der Waals surface area contributed by atoms with Crippen molar-refractivity contribution in [3.05, 3.63) is 11.6 Å². The third-order valence-corrected chi connectivity index (χ3v) is 3.45. The Bertz CT molecular complexity index is 363. The van der Waals surface area contributed by atoms with Crippen LogP contribution in [0.5, 0.6) is 0 Å². The SMILES string of the molecule is CCCn1c(C)nnc1CN1CCC(CO)C1. The van der Waals surface area contributed by atoms with Crippen LogP contribution in [0.15, 0.2) is 0 Å². The van der Waals surface area contributed by atoms with Gasteiger partial charge in [-0.05, 0) is 32.2 Å². The van der Waals surface area contributed by atoms with Gasteiger partial charge in [0.15, 0.2) is 0 Å². The number of aliphatic hydroxyl groups excluding tert-OH is 1. The zero-order valence-corrected chi connectivity index (χ0v) is 10.8. The number of rotatable bonds is 5. The van der Waals surface area contributed by atoms with Crippen molar-refractivity contribution in [2.45, 2.75) is 39.8 Å². The molecule has 0 spiro atoms. The van der Waals surface area contributed by atoms with Gasteiger partial charge >= 0.3 is 0 Å². The molecule has 1 aromatic rings. The quantitative estimate of drug-likeness (QED) is 0.825. The number of aromatic nitrogens is 3. The molecule has 1 fully saturated rings. The average Bonchev–Trinajstić information content (AvgIpc) is 2.91. The molecular formula is C12H22N4O. The molecule has 2 heterocycles. The first-order valence-corrected chi connectivity index (χ1v) is 6.46. The number of aliphatic hydroxyl groups is 1. The fraction of sp³-hybridized carbons (Fsp3) is 0.833. The highest BCUT2D eigenvalue weighted by atomic mass is 16.3. The van der Waals surface area contributed by atoms with Gasteiger partial charge in [-0.3, -0.25) is 4.90 Å². The lowest BCUT2D eigenvalue weighted by molar-refractivity contribution is 0.218. The van der Waals surface area contributed by atoms with Crippen LogP contribution in [0.3, 0.4) is 0 Å². The van der Waals surface area contributed by atoms with E-state index in [1.54, 1.807) is 0 Å². The van der Waals surface area contributed by atoms with Gasteiger partial charge < -0.3 is 9.67 Å². The first-order valence-electron chi connectivity index (χ1n) is 6.46. The molecule has 1 aliphatic rings. The predicted octanol–water partition coefficient (Wildman–Crippen LogP) is 0.811.